The molecule has 0 saturated heterocycles. The van der Waals surface area contributed by atoms with E-state index in [1.807, 2.05) is 0 Å². The molecule has 0 amide bonds. The number of fused-ring (bicyclic) bond motifs is 7. The second-order valence-electron chi connectivity index (χ2n) is 9.84. The van der Waals surface area contributed by atoms with Crippen LogP contribution in [0.4, 0.5) is 0 Å². The summed E-state index contributed by atoms with van der Waals surface area (Å²) in [5.74, 6) is 2.25. The third kappa shape index (κ3) is 2.65. The SMILES string of the molecule is COc1c2ccc(C(C)C)cc2c(OC)c2cc3c(cc12)-c1cccc2c1c-3cc1ccccc12. The van der Waals surface area contributed by atoms with E-state index in [1.165, 1.54) is 49.4 Å². The fourth-order valence-electron chi connectivity index (χ4n) is 6.06. The molecule has 0 atom stereocenters. The van der Waals surface area contributed by atoms with Crippen molar-refractivity contribution in [2.75, 3.05) is 14.2 Å². The Morgan fingerprint density at radius 1 is 0.514 bits per heavy atom. The minimum Gasteiger partial charge on any atom is -0.495 e. The van der Waals surface area contributed by atoms with Crippen LogP contribution >= 0.6 is 0 Å². The molecule has 7 rings (SSSR count). The van der Waals surface area contributed by atoms with E-state index in [2.05, 4.69) is 92.7 Å². The summed E-state index contributed by atoms with van der Waals surface area (Å²) >= 11 is 0. The molecule has 0 N–H and O–H groups in total. The van der Waals surface area contributed by atoms with Crippen LogP contribution in [-0.2, 0) is 0 Å². The summed E-state index contributed by atoms with van der Waals surface area (Å²) < 4.78 is 12.2. The molecule has 0 unspecified atom stereocenters. The van der Waals surface area contributed by atoms with Crippen LogP contribution in [0.5, 0.6) is 11.5 Å². The van der Waals surface area contributed by atoms with Gasteiger partial charge < -0.3 is 9.47 Å². The molecule has 1 aliphatic carbocycles. The van der Waals surface area contributed by atoms with Gasteiger partial charge in [-0.25, -0.2) is 0 Å². The molecule has 1 aliphatic rings. The molecule has 0 heterocycles. The van der Waals surface area contributed by atoms with Gasteiger partial charge in [-0.05, 0) is 79.5 Å². The lowest BCUT2D eigenvalue weighted by Gasteiger charge is -2.18. The standard InChI is InChI=1S/C33H26O2/c1-18(2)19-12-13-24-28(14-19)33(35-4)30-17-26-25(16-29(30)32(24)34-3)23-11-7-10-22-21-9-6-5-8-20(21)15-27(26)31(22)23/h5-18H,1-4H3. The monoisotopic (exact) mass is 454 g/mol. The maximum atomic E-state index is 6.10. The Morgan fingerprint density at radius 2 is 1.17 bits per heavy atom. The van der Waals surface area contributed by atoms with Crippen LogP contribution in [-0.4, -0.2) is 14.2 Å². The molecule has 0 radical (unpaired) electrons. The molecule has 170 valence electrons. The third-order valence-electron chi connectivity index (χ3n) is 7.72. The largest absolute Gasteiger partial charge is 0.495 e. The maximum Gasteiger partial charge on any atom is 0.134 e. The summed E-state index contributed by atoms with van der Waals surface area (Å²) in [6.07, 6.45) is 0. The molecule has 2 nitrogen and oxygen atoms in total. The summed E-state index contributed by atoms with van der Waals surface area (Å²) in [7, 11) is 3.55. The Hall–Kier alpha value is -4.04. The van der Waals surface area contributed by atoms with Gasteiger partial charge in [0.15, 0.2) is 0 Å². The van der Waals surface area contributed by atoms with Crippen molar-refractivity contribution in [1.29, 1.82) is 0 Å². The van der Waals surface area contributed by atoms with E-state index in [0.717, 1.165) is 33.0 Å². The average molecular weight is 455 g/mol. The molecule has 6 aromatic rings. The Labute approximate surface area is 204 Å². The molecule has 0 saturated carbocycles. The zero-order chi connectivity index (χ0) is 23.8. The van der Waals surface area contributed by atoms with Gasteiger partial charge >= 0.3 is 0 Å². The lowest BCUT2D eigenvalue weighted by molar-refractivity contribution is 0.417. The van der Waals surface area contributed by atoms with Crippen LogP contribution in [0.25, 0.3) is 65.3 Å². The van der Waals surface area contributed by atoms with Gasteiger partial charge in [0, 0.05) is 21.5 Å². The number of benzene rings is 6. The summed E-state index contributed by atoms with van der Waals surface area (Å²) in [6.45, 7) is 4.45. The van der Waals surface area contributed by atoms with Gasteiger partial charge in [-0.3, -0.25) is 0 Å². The fourth-order valence-corrected chi connectivity index (χ4v) is 6.06. The van der Waals surface area contributed by atoms with Crippen LogP contribution in [0.2, 0.25) is 0 Å². The normalized spacial score (nSPS) is 12.3. The molecule has 35 heavy (non-hydrogen) atoms. The molecule has 0 aromatic heterocycles. The zero-order valence-corrected chi connectivity index (χ0v) is 20.4. The third-order valence-corrected chi connectivity index (χ3v) is 7.72. The summed E-state index contributed by atoms with van der Waals surface area (Å²) in [4.78, 5) is 0. The molecule has 0 bridgehead atoms. The number of ether oxygens (including phenoxy) is 2. The van der Waals surface area contributed by atoms with Crippen molar-refractivity contribution < 1.29 is 9.47 Å². The van der Waals surface area contributed by atoms with Gasteiger partial charge in [0.1, 0.15) is 11.5 Å². The Balaban J connectivity index is 1.65. The predicted octanol–water partition coefficient (Wildman–Crippen LogP) is 9.09. The molecule has 0 spiro atoms. The quantitative estimate of drug-likeness (QED) is 0.196. The molecule has 6 aromatic carbocycles. The van der Waals surface area contributed by atoms with Crippen LogP contribution in [0.3, 0.4) is 0 Å². The lowest BCUT2D eigenvalue weighted by atomic mass is 9.92. The first-order valence-corrected chi connectivity index (χ1v) is 12.2. The first kappa shape index (κ1) is 20.3. The lowest BCUT2D eigenvalue weighted by Crippen LogP contribution is -1.95. The highest BCUT2D eigenvalue weighted by atomic mass is 16.5. The fraction of sp³-hybridized carbons (Fsp3) is 0.152. The van der Waals surface area contributed by atoms with E-state index in [-0.39, 0.29) is 0 Å². The van der Waals surface area contributed by atoms with Gasteiger partial charge in [-0.15, -0.1) is 0 Å². The number of hydrogen-bond acceptors (Lipinski definition) is 2. The molecular formula is C33H26O2. The van der Waals surface area contributed by atoms with Crippen molar-refractivity contribution in [1.82, 2.24) is 0 Å². The zero-order valence-electron chi connectivity index (χ0n) is 20.4. The highest BCUT2D eigenvalue weighted by molar-refractivity contribution is 6.25. The summed E-state index contributed by atoms with van der Waals surface area (Å²) in [6, 6.07) is 29.0. The minimum absolute atomic E-state index is 0.436. The molecule has 2 heteroatoms. The van der Waals surface area contributed by atoms with Crippen molar-refractivity contribution in [2.24, 2.45) is 0 Å². The van der Waals surface area contributed by atoms with Gasteiger partial charge in [0.05, 0.1) is 14.2 Å². The van der Waals surface area contributed by atoms with Crippen molar-refractivity contribution >= 4 is 43.1 Å². The van der Waals surface area contributed by atoms with Gasteiger partial charge in [0.2, 0.25) is 0 Å². The first-order chi connectivity index (χ1) is 17.1. The minimum atomic E-state index is 0.436. The van der Waals surface area contributed by atoms with E-state index in [4.69, 9.17) is 9.47 Å². The van der Waals surface area contributed by atoms with Crippen molar-refractivity contribution in [3.05, 3.63) is 84.4 Å². The highest BCUT2D eigenvalue weighted by Crippen LogP contribution is 2.53. The van der Waals surface area contributed by atoms with Gasteiger partial charge in [-0.2, -0.15) is 0 Å². The van der Waals surface area contributed by atoms with E-state index < -0.39 is 0 Å². The first-order valence-electron chi connectivity index (χ1n) is 12.2. The number of methoxy groups -OCH3 is 2. The smallest absolute Gasteiger partial charge is 0.134 e. The van der Waals surface area contributed by atoms with E-state index in [0.29, 0.717) is 5.92 Å². The van der Waals surface area contributed by atoms with Gasteiger partial charge in [0.25, 0.3) is 0 Å². The second-order valence-corrected chi connectivity index (χ2v) is 9.84. The van der Waals surface area contributed by atoms with E-state index in [1.54, 1.807) is 14.2 Å². The molecule has 0 aliphatic heterocycles. The van der Waals surface area contributed by atoms with E-state index in [9.17, 15) is 0 Å². The maximum absolute atomic E-state index is 6.10. The highest BCUT2D eigenvalue weighted by Gasteiger charge is 2.26. The average Bonchev–Trinajstić information content (AvgIpc) is 3.19. The van der Waals surface area contributed by atoms with Crippen molar-refractivity contribution in [2.45, 2.75) is 19.8 Å². The van der Waals surface area contributed by atoms with E-state index >= 15 is 0 Å². The Bertz CT molecular complexity index is 1840. The number of rotatable bonds is 3. The summed E-state index contributed by atoms with van der Waals surface area (Å²) in [5.41, 5.74) is 6.39. The topological polar surface area (TPSA) is 18.5 Å². The van der Waals surface area contributed by atoms with Crippen molar-refractivity contribution in [3.8, 4) is 33.8 Å². The van der Waals surface area contributed by atoms with Crippen molar-refractivity contribution in [3.63, 3.8) is 0 Å². The Kier molecular flexibility index (Phi) is 4.20. The van der Waals surface area contributed by atoms with Gasteiger partial charge in [-0.1, -0.05) is 68.4 Å². The number of hydrogen-bond donors (Lipinski definition) is 0. The molecular weight excluding hydrogens is 428 g/mol. The predicted molar refractivity (Wildman–Crippen MR) is 148 cm³/mol. The van der Waals surface area contributed by atoms with Crippen LogP contribution in [0.15, 0.2) is 78.9 Å². The van der Waals surface area contributed by atoms with Crippen LogP contribution < -0.4 is 9.47 Å². The molecule has 0 fully saturated rings. The second kappa shape index (κ2) is 7.23. The van der Waals surface area contributed by atoms with Crippen LogP contribution in [0.1, 0.15) is 25.3 Å². The Morgan fingerprint density at radius 3 is 1.91 bits per heavy atom. The summed E-state index contributed by atoms with van der Waals surface area (Å²) in [5, 5.41) is 9.57. The van der Waals surface area contributed by atoms with Crippen LogP contribution in [0, 0.1) is 0 Å².